The Hall–Kier alpha value is -3.78. The molecule has 0 bridgehead atoms. The first-order chi connectivity index (χ1) is 15.3. The standard InChI is InChI=1S/C23H22N8/c1-30-9-11-31(12-10-30)19-6-8-25-22-21(19)26-23(27-22)20-17-13-15(4-5-18(17)28-29-20)16-3-2-7-24-14-16/h2-8,13-14H,9-12H2,1H3,(H,28,29)(H,25,26,27). The molecule has 1 saturated heterocycles. The fourth-order valence-corrected chi connectivity index (χ4v) is 4.23. The van der Waals surface area contributed by atoms with E-state index in [9.17, 15) is 0 Å². The van der Waals surface area contributed by atoms with E-state index in [4.69, 9.17) is 4.98 Å². The predicted molar refractivity (Wildman–Crippen MR) is 122 cm³/mol. The molecule has 0 spiro atoms. The Balaban J connectivity index is 1.44. The van der Waals surface area contributed by atoms with Gasteiger partial charge >= 0.3 is 0 Å². The number of aromatic amines is 2. The van der Waals surface area contributed by atoms with Gasteiger partial charge in [-0.15, -0.1) is 0 Å². The number of piperazine rings is 1. The Bertz CT molecular complexity index is 1360. The average molecular weight is 410 g/mol. The molecule has 6 rings (SSSR count). The van der Waals surface area contributed by atoms with Gasteiger partial charge in [0.1, 0.15) is 11.2 Å². The maximum Gasteiger partial charge on any atom is 0.180 e. The normalized spacial score (nSPS) is 15.2. The lowest BCUT2D eigenvalue weighted by molar-refractivity contribution is 0.313. The van der Waals surface area contributed by atoms with E-state index in [1.54, 1.807) is 6.20 Å². The fraction of sp³-hybridized carbons (Fsp3) is 0.217. The third kappa shape index (κ3) is 3.12. The molecule has 0 radical (unpaired) electrons. The lowest BCUT2D eigenvalue weighted by Gasteiger charge is -2.34. The molecule has 4 aromatic heterocycles. The molecule has 0 atom stereocenters. The topological polar surface area (TPSA) is 89.6 Å². The van der Waals surface area contributed by atoms with Gasteiger partial charge in [-0.25, -0.2) is 9.97 Å². The van der Waals surface area contributed by atoms with Crippen LogP contribution in [0.5, 0.6) is 0 Å². The predicted octanol–water partition coefficient (Wildman–Crippen LogP) is 3.32. The molecule has 1 aliphatic rings. The highest BCUT2D eigenvalue weighted by Crippen LogP contribution is 2.32. The first kappa shape index (κ1) is 18.0. The number of likely N-dealkylation sites (N-methyl/N-ethyl adjacent to an activating group) is 1. The summed E-state index contributed by atoms with van der Waals surface area (Å²) in [6, 6.07) is 12.3. The second-order valence-corrected chi connectivity index (χ2v) is 7.98. The lowest BCUT2D eigenvalue weighted by Crippen LogP contribution is -2.44. The van der Waals surface area contributed by atoms with Gasteiger partial charge in [0.25, 0.3) is 0 Å². The molecule has 5 aromatic rings. The zero-order chi connectivity index (χ0) is 20.8. The minimum atomic E-state index is 0.714. The van der Waals surface area contributed by atoms with E-state index in [0.29, 0.717) is 5.65 Å². The van der Waals surface area contributed by atoms with Crippen LogP contribution < -0.4 is 4.90 Å². The van der Waals surface area contributed by atoms with E-state index >= 15 is 0 Å². The van der Waals surface area contributed by atoms with Crippen LogP contribution in [-0.2, 0) is 0 Å². The Labute approximate surface area is 179 Å². The number of fused-ring (bicyclic) bond motifs is 2. The maximum absolute atomic E-state index is 4.78. The maximum atomic E-state index is 4.78. The van der Waals surface area contributed by atoms with E-state index in [1.165, 1.54) is 0 Å². The van der Waals surface area contributed by atoms with E-state index in [2.05, 4.69) is 66.3 Å². The Morgan fingerprint density at radius 2 is 1.87 bits per heavy atom. The summed E-state index contributed by atoms with van der Waals surface area (Å²) < 4.78 is 0. The van der Waals surface area contributed by atoms with Crippen molar-refractivity contribution in [1.29, 1.82) is 0 Å². The largest absolute Gasteiger partial charge is 0.367 e. The minimum absolute atomic E-state index is 0.714. The Kier molecular flexibility index (Phi) is 4.17. The zero-order valence-corrected chi connectivity index (χ0v) is 17.2. The van der Waals surface area contributed by atoms with Crippen molar-refractivity contribution in [1.82, 2.24) is 35.0 Å². The SMILES string of the molecule is CN1CCN(c2ccnc3nc(-c4n[nH]c5ccc(-c6cccnc6)cc45)[nH]c23)CC1. The van der Waals surface area contributed by atoms with Gasteiger partial charge in [0.05, 0.1) is 11.2 Å². The number of aromatic nitrogens is 6. The molecule has 1 aromatic carbocycles. The molecule has 31 heavy (non-hydrogen) atoms. The van der Waals surface area contributed by atoms with Crippen LogP contribution in [0.1, 0.15) is 0 Å². The number of imidazole rings is 1. The highest BCUT2D eigenvalue weighted by molar-refractivity contribution is 5.96. The summed E-state index contributed by atoms with van der Waals surface area (Å²) in [5.74, 6) is 0.721. The second kappa shape index (κ2) is 7.17. The lowest BCUT2D eigenvalue weighted by atomic mass is 10.0. The second-order valence-electron chi connectivity index (χ2n) is 7.98. The van der Waals surface area contributed by atoms with Crippen molar-refractivity contribution < 1.29 is 0 Å². The zero-order valence-electron chi connectivity index (χ0n) is 17.2. The van der Waals surface area contributed by atoms with Crippen molar-refractivity contribution in [3.63, 3.8) is 0 Å². The summed E-state index contributed by atoms with van der Waals surface area (Å²) in [7, 11) is 2.16. The molecular formula is C23H22N8. The number of anilines is 1. The smallest absolute Gasteiger partial charge is 0.180 e. The number of nitrogens with zero attached hydrogens (tertiary/aromatic N) is 6. The van der Waals surface area contributed by atoms with Gasteiger partial charge in [0.2, 0.25) is 0 Å². The van der Waals surface area contributed by atoms with Crippen LogP contribution in [0.4, 0.5) is 5.69 Å². The molecule has 8 heteroatoms. The van der Waals surface area contributed by atoms with Crippen molar-refractivity contribution in [2.24, 2.45) is 0 Å². The third-order valence-corrected chi connectivity index (χ3v) is 6.00. The van der Waals surface area contributed by atoms with E-state index in [0.717, 1.165) is 70.9 Å². The molecule has 1 fully saturated rings. The number of rotatable bonds is 3. The average Bonchev–Trinajstić information content (AvgIpc) is 3.43. The highest BCUT2D eigenvalue weighted by atomic mass is 15.3. The number of nitrogens with one attached hydrogen (secondary N) is 2. The summed E-state index contributed by atoms with van der Waals surface area (Å²) in [6.07, 6.45) is 5.49. The van der Waals surface area contributed by atoms with Crippen molar-refractivity contribution in [2.45, 2.75) is 0 Å². The number of hydrogen-bond donors (Lipinski definition) is 2. The summed E-state index contributed by atoms with van der Waals surface area (Å²) in [5, 5.41) is 8.71. The molecular weight excluding hydrogens is 388 g/mol. The molecule has 0 amide bonds. The molecule has 2 N–H and O–H groups in total. The van der Waals surface area contributed by atoms with Crippen molar-refractivity contribution >= 4 is 27.8 Å². The first-order valence-corrected chi connectivity index (χ1v) is 10.4. The number of pyridine rings is 2. The quantitative estimate of drug-likeness (QED) is 0.474. The van der Waals surface area contributed by atoms with Crippen molar-refractivity contribution in [3.8, 4) is 22.6 Å². The first-order valence-electron chi connectivity index (χ1n) is 10.4. The van der Waals surface area contributed by atoms with Crippen molar-refractivity contribution in [3.05, 3.63) is 55.0 Å². The fourth-order valence-electron chi connectivity index (χ4n) is 4.23. The molecule has 0 saturated carbocycles. The monoisotopic (exact) mass is 410 g/mol. The number of hydrogen-bond acceptors (Lipinski definition) is 6. The Morgan fingerprint density at radius 1 is 0.968 bits per heavy atom. The van der Waals surface area contributed by atoms with Crippen LogP contribution in [0.25, 0.3) is 44.7 Å². The third-order valence-electron chi connectivity index (χ3n) is 6.00. The van der Waals surface area contributed by atoms with Crippen LogP contribution >= 0.6 is 0 Å². The minimum Gasteiger partial charge on any atom is -0.367 e. The summed E-state index contributed by atoms with van der Waals surface area (Å²) in [5.41, 5.74) is 6.74. The molecule has 8 nitrogen and oxygen atoms in total. The van der Waals surface area contributed by atoms with E-state index < -0.39 is 0 Å². The number of benzene rings is 1. The molecule has 1 aliphatic heterocycles. The van der Waals surface area contributed by atoms with E-state index in [-0.39, 0.29) is 0 Å². The van der Waals surface area contributed by atoms with Crippen LogP contribution in [-0.4, -0.2) is 68.3 Å². The van der Waals surface area contributed by atoms with Crippen LogP contribution in [0.2, 0.25) is 0 Å². The molecule has 154 valence electrons. The summed E-state index contributed by atoms with van der Waals surface area (Å²) >= 11 is 0. The van der Waals surface area contributed by atoms with Gasteiger partial charge in [0, 0.05) is 55.7 Å². The van der Waals surface area contributed by atoms with E-state index in [1.807, 2.05) is 24.5 Å². The van der Waals surface area contributed by atoms with Crippen molar-refractivity contribution in [2.75, 3.05) is 38.1 Å². The summed E-state index contributed by atoms with van der Waals surface area (Å²) in [6.45, 7) is 4.07. The summed E-state index contributed by atoms with van der Waals surface area (Å²) in [4.78, 5) is 21.8. The van der Waals surface area contributed by atoms with Gasteiger partial charge in [0.15, 0.2) is 11.5 Å². The number of H-pyrrole nitrogens is 2. The van der Waals surface area contributed by atoms with Gasteiger partial charge < -0.3 is 14.8 Å². The molecule has 0 unspecified atom stereocenters. The highest BCUT2D eigenvalue weighted by Gasteiger charge is 2.20. The van der Waals surface area contributed by atoms with Crippen LogP contribution in [0, 0.1) is 0 Å². The Morgan fingerprint density at radius 3 is 2.71 bits per heavy atom. The van der Waals surface area contributed by atoms with Gasteiger partial charge in [-0.1, -0.05) is 12.1 Å². The van der Waals surface area contributed by atoms with Crippen LogP contribution in [0.15, 0.2) is 55.0 Å². The van der Waals surface area contributed by atoms with Crippen LogP contribution in [0.3, 0.4) is 0 Å². The molecule has 5 heterocycles. The van der Waals surface area contributed by atoms with Gasteiger partial charge in [-0.05, 0) is 36.9 Å². The van der Waals surface area contributed by atoms with Gasteiger partial charge in [-0.3, -0.25) is 10.1 Å². The van der Waals surface area contributed by atoms with Gasteiger partial charge in [-0.2, -0.15) is 5.10 Å². The molecule has 0 aliphatic carbocycles.